The van der Waals surface area contributed by atoms with E-state index in [4.69, 9.17) is 16.3 Å². The molecule has 0 aliphatic rings. The van der Waals surface area contributed by atoms with Crippen molar-refractivity contribution in [2.45, 2.75) is 13.8 Å². The van der Waals surface area contributed by atoms with Crippen LogP contribution < -0.4 is 10.2 Å². The molecule has 0 atom stereocenters. The first-order valence-electron chi connectivity index (χ1n) is 6.32. The predicted molar refractivity (Wildman–Crippen MR) is 86.4 cm³/mol. The van der Waals surface area contributed by atoms with Crippen molar-refractivity contribution < 1.29 is 9.53 Å². The SMILES string of the molecule is CC(=NNC(=O)COc1ccc(Cl)cc1C)c1cccs1. The molecule has 2 aromatic rings. The number of hydrogen-bond donors (Lipinski definition) is 1. The van der Waals surface area contributed by atoms with Crippen LogP contribution in [-0.4, -0.2) is 18.2 Å². The van der Waals surface area contributed by atoms with Crippen molar-refractivity contribution in [3.05, 3.63) is 51.2 Å². The van der Waals surface area contributed by atoms with Crippen LogP contribution in [0.4, 0.5) is 0 Å². The van der Waals surface area contributed by atoms with Crippen LogP contribution in [0.3, 0.4) is 0 Å². The van der Waals surface area contributed by atoms with Crippen molar-refractivity contribution in [1.82, 2.24) is 5.43 Å². The van der Waals surface area contributed by atoms with Gasteiger partial charge in [0.1, 0.15) is 5.75 Å². The Balaban J connectivity index is 1.86. The maximum Gasteiger partial charge on any atom is 0.277 e. The van der Waals surface area contributed by atoms with Crippen molar-refractivity contribution >= 4 is 34.6 Å². The first kappa shape index (κ1) is 15.5. The Morgan fingerprint density at radius 2 is 2.24 bits per heavy atom. The van der Waals surface area contributed by atoms with E-state index in [2.05, 4.69) is 10.5 Å². The Labute approximate surface area is 132 Å². The molecule has 0 radical (unpaired) electrons. The minimum absolute atomic E-state index is 0.0936. The highest BCUT2D eigenvalue weighted by Crippen LogP contribution is 2.21. The number of thiophene rings is 1. The summed E-state index contributed by atoms with van der Waals surface area (Å²) in [4.78, 5) is 12.7. The van der Waals surface area contributed by atoms with Crippen molar-refractivity contribution in [3.63, 3.8) is 0 Å². The summed E-state index contributed by atoms with van der Waals surface area (Å²) in [7, 11) is 0. The summed E-state index contributed by atoms with van der Waals surface area (Å²) in [5.74, 6) is 0.328. The molecule has 0 saturated heterocycles. The Kier molecular flexibility index (Phi) is 5.36. The first-order chi connectivity index (χ1) is 10.1. The number of carbonyl (C=O) groups excluding carboxylic acids is 1. The average molecular weight is 323 g/mol. The summed E-state index contributed by atoms with van der Waals surface area (Å²) >= 11 is 7.43. The van der Waals surface area contributed by atoms with Gasteiger partial charge in [0.2, 0.25) is 0 Å². The zero-order valence-electron chi connectivity index (χ0n) is 11.7. The Hall–Kier alpha value is -1.85. The molecule has 0 spiro atoms. The molecule has 0 aliphatic carbocycles. The standard InChI is InChI=1S/C15H15ClN2O2S/c1-10-8-12(16)5-6-13(10)20-9-15(19)18-17-11(2)14-4-3-7-21-14/h3-8H,9H2,1-2H3,(H,18,19). The van der Waals surface area contributed by atoms with Gasteiger partial charge in [0.15, 0.2) is 6.61 Å². The van der Waals surface area contributed by atoms with E-state index in [0.29, 0.717) is 10.8 Å². The molecule has 1 aromatic heterocycles. The van der Waals surface area contributed by atoms with E-state index in [1.807, 2.05) is 31.4 Å². The zero-order valence-corrected chi connectivity index (χ0v) is 13.3. The number of hydrogen-bond acceptors (Lipinski definition) is 4. The van der Waals surface area contributed by atoms with Gasteiger partial charge < -0.3 is 4.74 Å². The highest BCUT2D eigenvalue weighted by molar-refractivity contribution is 7.12. The lowest BCUT2D eigenvalue weighted by atomic mass is 10.2. The maximum atomic E-state index is 11.7. The molecule has 0 saturated carbocycles. The molecule has 110 valence electrons. The highest BCUT2D eigenvalue weighted by Gasteiger charge is 2.05. The maximum absolute atomic E-state index is 11.7. The van der Waals surface area contributed by atoms with E-state index < -0.39 is 0 Å². The fraction of sp³-hybridized carbons (Fsp3) is 0.200. The van der Waals surface area contributed by atoms with E-state index >= 15 is 0 Å². The van der Waals surface area contributed by atoms with Crippen molar-refractivity contribution in [1.29, 1.82) is 0 Å². The lowest BCUT2D eigenvalue weighted by Crippen LogP contribution is -2.25. The quantitative estimate of drug-likeness (QED) is 0.675. The van der Waals surface area contributed by atoms with Crippen molar-refractivity contribution in [2.24, 2.45) is 5.10 Å². The summed E-state index contributed by atoms with van der Waals surface area (Å²) in [5.41, 5.74) is 4.12. The monoisotopic (exact) mass is 322 g/mol. The average Bonchev–Trinajstić information content (AvgIpc) is 2.98. The van der Waals surface area contributed by atoms with Crippen LogP contribution in [0, 0.1) is 6.92 Å². The molecule has 4 nitrogen and oxygen atoms in total. The van der Waals surface area contributed by atoms with E-state index in [0.717, 1.165) is 16.2 Å². The second-order valence-corrected chi connectivity index (χ2v) is 5.79. The third-order valence-electron chi connectivity index (χ3n) is 2.72. The molecule has 0 fully saturated rings. The number of rotatable bonds is 5. The molecular weight excluding hydrogens is 308 g/mol. The smallest absolute Gasteiger partial charge is 0.277 e. The van der Waals surface area contributed by atoms with E-state index in [9.17, 15) is 4.79 Å². The van der Waals surface area contributed by atoms with Gasteiger partial charge in [0.05, 0.1) is 5.71 Å². The number of carbonyl (C=O) groups is 1. The van der Waals surface area contributed by atoms with Gasteiger partial charge in [-0.05, 0) is 49.1 Å². The third kappa shape index (κ3) is 4.58. The van der Waals surface area contributed by atoms with Crippen LogP contribution in [0.5, 0.6) is 5.75 Å². The predicted octanol–water partition coefficient (Wildman–Crippen LogP) is 3.63. The van der Waals surface area contributed by atoms with Gasteiger partial charge >= 0.3 is 0 Å². The molecule has 0 bridgehead atoms. The molecular formula is C15H15ClN2O2S. The number of nitrogens with zero attached hydrogens (tertiary/aromatic N) is 1. The van der Waals surface area contributed by atoms with E-state index in [1.54, 1.807) is 29.5 Å². The lowest BCUT2D eigenvalue weighted by Gasteiger charge is -2.08. The van der Waals surface area contributed by atoms with Gasteiger partial charge in [-0.1, -0.05) is 17.7 Å². The Morgan fingerprint density at radius 1 is 1.43 bits per heavy atom. The molecule has 1 amide bonds. The molecule has 6 heteroatoms. The zero-order chi connectivity index (χ0) is 15.2. The van der Waals surface area contributed by atoms with Crippen molar-refractivity contribution in [3.8, 4) is 5.75 Å². The minimum atomic E-state index is -0.305. The van der Waals surface area contributed by atoms with Gasteiger partial charge in [-0.25, -0.2) is 5.43 Å². The van der Waals surface area contributed by atoms with Crippen LogP contribution in [0.25, 0.3) is 0 Å². The molecule has 0 unspecified atom stereocenters. The van der Waals surface area contributed by atoms with E-state index in [1.165, 1.54) is 0 Å². The number of amides is 1. The van der Waals surface area contributed by atoms with Gasteiger partial charge in [0.25, 0.3) is 5.91 Å². The summed E-state index contributed by atoms with van der Waals surface area (Å²) < 4.78 is 5.44. The van der Waals surface area contributed by atoms with E-state index in [-0.39, 0.29) is 12.5 Å². The van der Waals surface area contributed by atoms with Crippen molar-refractivity contribution in [2.75, 3.05) is 6.61 Å². The van der Waals surface area contributed by atoms with Crippen LogP contribution >= 0.6 is 22.9 Å². The Morgan fingerprint density at radius 3 is 2.90 bits per heavy atom. The van der Waals surface area contributed by atoms with Gasteiger partial charge in [-0.3, -0.25) is 4.79 Å². The molecule has 0 aliphatic heterocycles. The fourth-order valence-electron chi connectivity index (χ4n) is 1.64. The van der Waals surface area contributed by atoms with Crippen LogP contribution in [-0.2, 0) is 4.79 Å². The summed E-state index contributed by atoms with van der Waals surface area (Å²) in [6.07, 6.45) is 0. The number of hydrazone groups is 1. The number of nitrogens with one attached hydrogen (secondary N) is 1. The fourth-order valence-corrected chi connectivity index (χ4v) is 2.54. The van der Waals surface area contributed by atoms with Crippen LogP contribution in [0.15, 0.2) is 40.8 Å². The van der Waals surface area contributed by atoms with Gasteiger partial charge in [0, 0.05) is 9.90 Å². The highest BCUT2D eigenvalue weighted by atomic mass is 35.5. The summed E-state index contributed by atoms with van der Waals surface area (Å²) in [6, 6.07) is 9.14. The molecule has 2 rings (SSSR count). The van der Waals surface area contributed by atoms with Crippen LogP contribution in [0.2, 0.25) is 5.02 Å². The second-order valence-electron chi connectivity index (χ2n) is 4.41. The molecule has 1 aromatic carbocycles. The summed E-state index contributed by atoms with van der Waals surface area (Å²) in [6.45, 7) is 3.62. The lowest BCUT2D eigenvalue weighted by molar-refractivity contribution is -0.123. The topological polar surface area (TPSA) is 50.7 Å². The van der Waals surface area contributed by atoms with Gasteiger partial charge in [-0.15, -0.1) is 11.3 Å². The number of ether oxygens (including phenoxy) is 1. The second kappa shape index (κ2) is 7.24. The number of halogens is 1. The molecule has 1 heterocycles. The van der Waals surface area contributed by atoms with Gasteiger partial charge in [-0.2, -0.15) is 5.10 Å². The molecule has 1 N–H and O–H groups in total. The number of benzene rings is 1. The Bertz CT molecular complexity index is 654. The minimum Gasteiger partial charge on any atom is -0.483 e. The summed E-state index contributed by atoms with van der Waals surface area (Å²) in [5, 5.41) is 6.64. The third-order valence-corrected chi connectivity index (χ3v) is 3.94. The number of aryl methyl sites for hydroxylation is 1. The molecule has 21 heavy (non-hydrogen) atoms. The first-order valence-corrected chi connectivity index (χ1v) is 7.58. The largest absolute Gasteiger partial charge is 0.483 e. The normalized spacial score (nSPS) is 11.3. The van der Waals surface area contributed by atoms with Crippen LogP contribution in [0.1, 0.15) is 17.4 Å².